The number of ether oxygens (including phenoxy) is 1. The van der Waals surface area contributed by atoms with E-state index in [1.165, 1.54) is 65.0 Å². The Bertz CT molecular complexity index is 1620. The molecule has 14 heteroatoms. The Kier molecular flexibility index (Phi) is 11.1. The van der Waals surface area contributed by atoms with E-state index in [4.69, 9.17) is 4.74 Å². The molecule has 0 bridgehead atoms. The van der Waals surface area contributed by atoms with Gasteiger partial charge in [-0.2, -0.15) is 4.31 Å². The van der Waals surface area contributed by atoms with Crippen LogP contribution in [0, 0.1) is 17.6 Å². The third-order valence-electron chi connectivity index (χ3n) is 9.03. The number of hydrogen-bond acceptors (Lipinski definition) is 6. The van der Waals surface area contributed by atoms with Gasteiger partial charge >= 0.3 is 6.09 Å². The molecule has 3 aromatic rings. The highest BCUT2D eigenvalue weighted by atomic mass is 32.2. The number of carbonyl (C=O) groups is 2. The van der Waals surface area contributed by atoms with Crippen molar-refractivity contribution in [2.75, 3.05) is 26.7 Å². The number of alkyl halides is 2. The summed E-state index contributed by atoms with van der Waals surface area (Å²) in [6, 6.07) is 15.5. The van der Waals surface area contributed by atoms with Crippen molar-refractivity contribution in [1.82, 2.24) is 20.3 Å². The Labute approximate surface area is 277 Å². The maximum Gasteiger partial charge on any atom is 0.407 e. The molecule has 2 unspecified atom stereocenters. The summed E-state index contributed by atoms with van der Waals surface area (Å²) < 4.78 is 90.7. The molecular weight excluding hydrogens is 652 g/mol. The van der Waals surface area contributed by atoms with Crippen molar-refractivity contribution in [3.8, 4) is 0 Å². The number of rotatable bonds is 11. The fourth-order valence-corrected chi connectivity index (χ4v) is 8.36. The highest BCUT2D eigenvalue weighted by Gasteiger charge is 2.48. The first-order valence-electron chi connectivity index (χ1n) is 15.7. The lowest BCUT2D eigenvalue weighted by atomic mass is 9.84. The van der Waals surface area contributed by atoms with Crippen molar-refractivity contribution in [3.63, 3.8) is 0 Å². The SMILES string of the molecule is COC(=O)N[C@@H](C(=O)NC1CC(F)(F)CC1CC[C@H]1CNCCN1S(=O)(=O)c1ccccc1)C(c1ccc(F)cc1)c1ccc(F)cc1. The van der Waals surface area contributed by atoms with E-state index in [2.05, 4.69) is 16.0 Å². The minimum atomic E-state index is -3.83. The second-order valence-corrected chi connectivity index (χ2v) is 14.1. The van der Waals surface area contributed by atoms with Crippen molar-refractivity contribution in [2.45, 2.75) is 60.5 Å². The highest BCUT2D eigenvalue weighted by molar-refractivity contribution is 7.89. The van der Waals surface area contributed by atoms with E-state index in [1.807, 2.05) is 0 Å². The van der Waals surface area contributed by atoms with Crippen LogP contribution in [-0.2, 0) is 19.6 Å². The topological polar surface area (TPSA) is 117 Å². The minimum Gasteiger partial charge on any atom is -0.453 e. The van der Waals surface area contributed by atoms with Crippen molar-refractivity contribution in [2.24, 2.45) is 5.92 Å². The molecule has 3 aromatic carbocycles. The summed E-state index contributed by atoms with van der Waals surface area (Å²) in [6.07, 6.45) is -1.67. The van der Waals surface area contributed by atoms with Crippen LogP contribution in [0.1, 0.15) is 42.7 Å². The summed E-state index contributed by atoms with van der Waals surface area (Å²) in [6.45, 7) is 1.01. The molecule has 1 aliphatic heterocycles. The molecule has 5 rings (SSSR count). The summed E-state index contributed by atoms with van der Waals surface area (Å²) in [5.74, 6) is -6.66. The Morgan fingerprint density at radius 1 is 0.938 bits per heavy atom. The van der Waals surface area contributed by atoms with Gasteiger partial charge in [-0.25, -0.2) is 30.8 Å². The number of hydrogen-bond donors (Lipinski definition) is 3. The van der Waals surface area contributed by atoms with Gasteiger partial charge in [0.15, 0.2) is 0 Å². The lowest BCUT2D eigenvalue weighted by molar-refractivity contribution is -0.124. The normalized spacial score (nSPS) is 21.8. The van der Waals surface area contributed by atoms with Gasteiger partial charge in [-0.15, -0.1) is 0 Å². The molecule has 2 aliphatic rings. The molecule has 2 amide bonds. The van der Waals surface area contributed by atoms with Crippen molar-refractivity contribution in [3.05, 3.63) is 102 Å². The quantitative estimate of drug-likeness (QED) is 0.249. The van der Waals surface area contributed by atoms with E-state index in [1.54, 1.807) is 18.2 Å². The summed E-state index contributed by atoms with van der Waals surface area (Å²) >= 11 is 0. The molecule has 1 saturated carbocycles. The molecule has 1 heterocycles. The minimum absolute atomic E-state index is 0.149. The van der Waals surface area contributed by atoms with Crippen LogP contribution in [0.5, 0.6) is 0 Å². The summed E-state index contributed by atoms with van der Waals surface area (Å²) in [4.78, 5) is 26.6. The second kappa shape index (κ2) is 15.0. The Morgan fingerprint density at radius 2 is 1.54 bits per heavy atom. The molecule has 258 valence electrons. The largest absolute Gasteiger partial charge is 0.453 e. The van der Waals surface area contributed by atoms with Crippen LogP contribution in [0.25, 0.3) is 0 Å². The van der Waals surface area contributed by atoms with E-state index in [9.17, 15) is 35.6 Å². The van der Waals surface area contributed by atoms with E-state index in [0.717, 1.165) is 7.11 Å². The number of carbonyl (C=O) groups excluding carboxylic acids is 2. The van der Waals surface area contributed by atoms with Gasteiger partial charge in [0.2, 0.25) is 15.9 Å². The molecule has 0 aromatic heterocycles. The van der Waals surface area contributed by atoms with Gasteiger partial charge < -0.3 is 20.7 Å². The number of nitrogens with one attached hydrogen (secondary N) is 3. The van der Waals surface area contributed by atoms with Crippen LogP contribution in [0.4, 0.5) is 22.4 Å². The van der Waals surface area contributed by atoms with Gasteiger partial charge in [0, 0.05) is 50.5 Å². The van der Waals surface area contributed by atoms with Crippen molar-refractivity contribution < 1.29 is 40.3 Å². The number of piperazine rings is 1. The number of nitrogens with zero attached hydrogens (tertiary/aromatic N) is 1. The van der Waals surface area contributed by atoms with Crippen molar-refractivity contribution in [1.29, 1.82) is 0 Å². The monoisotopic (exact) mass is 690 g/mol. The van der Waals surface area contributed by atoms with Crippen LogP contribution >= 0.6 is 0 Å². The average Bonchev–Trinajstić information content (AvgIpc) is 3.37. The molecular formula is C34H38F4N4O5S. The van der Waals surface area contributed by atoms with Crippen LogP contribution in [0.15, 0.2) is 83.8 Å². The maximum atomic E-state index is 14.9. The van der Waals surface area contributed by atoms with E-state index >= 15 is 0 Å². The van der Waals surface area contributed by atoms with Crippen LogP contribution in [0.2, 0.25) is 0 Å². The first-order chi connectivity index (χ1) is 22.9. The van der Waals surface area contributed by atoms with Gasteiger partial charge in [0.1, 0.15) is 17.7 Å². The summed E-state index contributed by atoms with van der Waals surface area (Å²) in [5.41, 5.74) is 0.801. The van der Waals surface area contributed by atoms with E-state index in [0.29, 0.717) is 24.2 Å². The zero-order valence-electron chi connectivity index (χ0n) is 26.3. The molecule has 2 fully saturated rings. The van der Waals surface area contributed by atoms with Gasteiger partial charge in [0.05, 0.1) is 12.0 Å². The van der Waals surface area contributed by atoms with Gasteiger partial charge in [-0.1, -0.05) is 42.5 Å². The molecule has 1 saturated heterocycles. The van der Waals surface area contributed by atoms with Gasteiger partial charge in [0.25, 0.3) is 5.92 Å². The van der Waals surface area contributed by atoms with E-state index in [-0.39, 0.29) is 24.3 Å². The Hall–Kier alpha value is -4.01. The predicted molar refractivity (Wildman–Crippen MR) is 170 cm³/mol. The number of alkyl carbamates (subject to hydrolysis) is 1. The van der Waals surface area contributed by atoms with E-state index < -0.39 is 82.4 Å². The third kappa shape index (κ3) is 8.34. The number of halogens is 4. The predicted octanol–water partition coefficient (Wildman–Crippen LogP) is 4.79. The molecule has 9 nitrogen and oxygen atoms in total. The lowest BCUT2D eigenvalue weighted by Gasteiger charge is -2.36. The number of amides is 2. The molecule has 0 spiro atoms. The number of sulfonamides is 1. The molecule has 1 aliphatic carbocycles. The smallest absolute Gasteiger partial charge is 0.407 e. The number of benzene rings is 3. The van der Waals surface area contributed by atoms with Crippen molar-refractivity contribution >= 4 is 22.0 Å². The fourth-order valence-electron chi connectivity index (χ4n) is 6.69. The van der Waals surface area contributed by atoms with Gasteiger partial charge in [-0.3, -0.25) is 4.79 Å². The maximum absolute atomic E-state index is 14.9. The highest BCUT2D eigenvalue weighted by Crippen LogP contribution is 2.42. The van der Waals surface area contributed by atoms with Gasteiger partial charge in [-0.05, 0) is 66.3 Å². The zero-order chi connectivity index (χ0) is 34.5. The summed E-state index contributed by atoms with van der Waals surface area (Å²) in [5, 5.41) is 8.41. The Morgan fingerprint density at radius 3 is 2.12 bits per heavy atom. The molecule has 3 N–H and O–H groups in total. The molecule has 0 radical (unpaired) electrons. The standard InChI is InChI=1S/C34H38F4N4O5S/c1-47-33(44)41-31(30(22-7-12-25(35)13-8-22)23-9-14-26(36)15-10-23)32(43)40-29-20-34(37,38)19-24(29)11-16-27-21-39-17-18-42(27)48(45,46)28-5-3-2-4-6-28/h2-10,12-15,24,27,29-31,39H,11,16-21H2,1H3,(H,40,43)(H,41,44)/t24?,27-,29?,31+/m0/s1. The molecule has 4 atom stereocenters. The lowest BCUT2D eigenvalue weighted by Crippen LogP contribution is -2.54. The zero-order valence-corrected chi connectivity index (χ0v) is 27.1. The van der Waals surface area contributed by atoms with Crippen LogP contribution in [0.3, 0.4) is 0 Å². The first kappa shape index (κ1) is 35.3. The van der Waals surface area contributed by atoms with Crippen LogP contribution < -0.4 is 16.0 Å². The summed E-state index contributed by atoms with van der Waals surface area (Å²) in [7, 11) is -2.73. The first-order valence-corrected chi connectivity index (χ1v) is 17.1. The second-order valence-electron chi connectivity index (χ2n) is 12.2. The fraction of sp³-hybridized carbons (Fsp3) is 0.412. The molecule has 48 heavy (non-hydrogen) atoms. The Balaban J connectivity index is 1.38. The average molecular weight is 691 g/mol. The van der Waals surface area contributed by atoms with Crippen LogP contribution in [-0.4, -0.2) is 75.5 Å². The third-order valence-corrected chi connectivity index (χ3v) is 11.0. The number of methoxy groups -OCH3 is 1.